The summed E-state index contributed by atoms with van der Waals surface area (Å²) in [4.78, 5) is 4.51. The molecular formula is C10H12ClNO3. The number of rotatable bonds is 3. The fourth-order valence-electron chi connectivity index (χ4n) is 1.48. The minimum atomic E-state index is 0.430. The molecule has 0 radical (unpaired) electrons. The molecule has 1 aromatic rings. The highest BCUT2D eigenvalue weighted by molar-refractivity contribution is 6.33. The Bertz CT molecular complexity index is 357. The summed E-state index contributed by atoms with van der Waals surface area (Å²) in [7, 11) is 0. The highest BCUT2D eigenvalue weighted by Gasteiger charge is 2.17. The van der Waals surface area contributed by atoms with Crippen molar-refractivity contribution in [3.8, 4) is 11.5 Å². The fraction of sp³-hybridized carbons (Fsp3) is 0.400. The number of fused-ring (bicyclic) bond motifs is 1. The lowest BCUT2D eigenvalue weighted by Gasteiger charge is -2.20. The quantitative estimate of drug-likeness (QED) is 0.799. The van der Waals surface area contributed by atoms with Gasteiger partial charge in [-0.3, -0.25) is 0 Å². The number of halogens is 1. The third kappa shape index (κ3) is 2.17. The Kier molecular flexibility index (Phi) is 3.30. The van der Waals surface area contributed by atoms with Crippen molar-refractivity contribution in [3.05, 3.63) is 22.7 Å². The zero-order valence-electron chi connectivity index (χ0n) is 8.16. The molecule has 0 unspecified atom stereocenters. The number of hydrogen-bond donors (Lipinski definition) is 1. The Labute approximate surface area is 92.8 Å². The minimum absolute atomic E-state index is 0.430. The Hall–Kier alpha value is -0.970. The lowest BCUT2D eigenvalue weighted by molar-refractivity contribution is 0.141. The second-order valence-corrected chi connectivity index (χ2v) is 3.56. The molecule has 15 heavy (non-hydrogen) atoms. The zero-order valence-corrected chi connectivity index (χ0v) is 8.92. The Morgan fingerprint density at radius 2 is 2.13 bits per heavy atom. The molecule has 0 aliphatic carbocycles. The van der Waals surface area contributed by atoms with Crippen molar-refractivity contribution in [3.63, 3.8) is 0 Å². The van der Waals surface area contributed by atoms with E-state index in [0.717, 1.165) is 5.56 Å². The van der Waals surface area contributed by atoms with Gasteiger partial charge in [0.1, 0.15) is 13.2 Å². The molecule has 0 saturated heterocycles. The van der Waals surface area contributed by atoms with Crippen molar-refractivity contribution in [1.82, 2.24) is 0 Å². The first-order valence-corrected chi connectivity index (χ1v) is 5.09. The van der Waals surface area contributed by atoms with Crippen LogP contribution in [0.5, 0.6) is 11.5 Å². The predicted octanol–water partition coefficient (Wildman–Crippen LogP) is 1.54. The maximum Gasteiger partial charge on any atom is 0.180 e. The summed E-state index contributed by atoms with van der Waals surface area (Å²) in [6.45, 7) is 1.53. The van der Waals surface area contributed by atoms with E-state index in [1.54, 1.807) is 0 Å². The van der Waals surface area contributed by atoms with E-state index in [2.05, 4.69) is 4.84 Å². The largest absolute Gasteiger partial charge is 0.486 e. The molecule has 1 aliphatic rings. The maximum absolute atomic E-state index is 6.16. The second kappa shape index (κ2) is 4.70. The summed E-state index contributed by atoms with van der Waals surface area (Å²) >= 11 is 6.16. The predicted molar refractivity (Wildman–Crippen MR) is 56.3 cm³/mol. The van der Waals surface area contributed by atoms with Gasteiger partial charge in [0, 0.05) is 0 Å². The SMILES string of the molecule is NOCCc1ccc2c(c1Cl)OCCO2. The molecule has 2 rings (SSSR count). The van der Waals surface area contributed by atoms with Gasteiger partial charge in [0.2, 0.25) is 0 Å². The maximum atomic E-state index is 6.16. The van der Waals surface area contributed by atoms with Crippen LogP contribution in [0.2, 0.25) is 5.02 Å². The summed E-state index contributed by atoms with van der Waals surface area (Å²) < 4.78 is 10.8. The first kappa shape index (κ1) is 10.5. The van der Waals surface area contributed by atoms with Gasteiger partial charge >= 0.3 is 0 Å². The third-order valence-corrected chi connectivity index (χ3v) is 2.63. The molecule has 0 amide bonds. The zero-order chi connectivity index (χ0) is 10.7. The molecule has 1 heterocycles. The van der Waals surface area contributed by atoms with E-state index >= 15 is 0 Å². The molecule has 0 saturated carbocycles. The molecule has 0 aromatic heterocycles. The van der Waals surface area contributed by atoms with Crippen LogP contribution >= 0.6 is 11.6 Å². The third-order valence-electron chi connectivity index (χ3n) is 2.22. The number of benzene rings is 1. The van der Waals surface area contributed by atoms with Crippen LogP contribution < -0.4 is 15.4 Å². The van der Waals surface area contributed by atoms with E-state index in [0.29, 0.717) is 42.8 Å². The van der Waals surface area contributed by atoms with Crippen molar-refractivity contribution in [2.24, 2.45) is 5.90 Å². The summed E-state index contributed by atoms with van der Waals surface area (Å²) in [6, 6.07) is 3.75. The molecule has 0 spiro atoms. The van der Waals surface area contributed by atoms with Gasteiger partial charge in [0.05, 0.1) is 11.6 Å². The highest BCUT2D eigenvalue weighted by atomic mass is 35.5. The van der Waals surface area contributed by atoms with Crippen LogP contribution in [0.15, 0.2) is 12.1 Å². The smallest absolute Gasteiger partial charge is 0.180 e. The van der Waals surface area contributed by atoms with Gasteiger partial charge in [-0.25, -0.2) is 5.90 Å². The molecule has 1 aromatic carbocycles. The molecule has 0 atom stereocenters. The first-order valence-electron chi connectivity index (χ1n) is 4.71. The van der Waals surface area contributed by atoms with Gasteiger partial charge < -0.3 is 14.3 Å². The Morgan fingerprint density at radius 1 is 1.33 bits per heavy atom. The van der Waals surface area contributed by atoms with E-state index in [1.165, 1.54) is 0 Å². The minimum Gasteiger partial charge on any atom is -0.486 e. The average molecular weight is 230 g/mol. The molecule has 5 heteroatoms. The summed E-state index contributed by atoms with van der Waals surface area (Å²) in [5, 5.41) is 0.587. The Morgan fingerprint density at radius 3 is 2.93 bits per heavy atom. The van der Waals surface area contributed by atoms with Gasteiger partial charge in [-0.2, -0.15) is 0 Å². The monoisotopic (exact) mass is 229 g/mol. The second-order valence-electron chi connectivity index (χ2n) is 3.18. The number of ether oxygens (including phenoxy) is 2. The molecular weight excluding hydrogens is 218 g/mol. The van der Waals surface area contributed by atoms with Crippen LogP contribution in [0.1, 0.15) is 5.56 Å². The van der Waals surface area contributed by atoms with Crippen molar-refractivity contribution in [2.75, 3.05) is 19.8 Å². The van der Waals surface area contributed by atoms with Gasteiger partial charge in [-0.05, 0) is 18.1 Å². The molecule has 4 nitrogen and oxygen atoms in total. The average Bonchev–Trinajstić information content (AvgIpc) is 2.29. The molecule has 1 aliphatic heterocycles. The van der Waals surface area contributed by atoms with E-state index in [1.807, 2.05) is 12.1 Å². The van der Waals surface area contributed by atoms with E-state index in [4.69, 9.17) is 27.0 Å². The van der Waals surface area contributed by atoms with Gasteiger partial charge in [-0.1, -0.05) is 17.7 Å². The van der Waals surface area contributed by atoms with Crippen molar-refractivity contribution in [2.45, 2.75) is 6.42 Å². The molecule has 82 valence electrons. The van der Waals surface area contributed by atoms with E-state index < -0.39 is 0 Å². The molecule has 0 bridgehead atoms. The molecule has 0 fully saturated rings. The van der Waals surface area contributed by atoms with Crippen LogP contribution in [0, 0.1) is 0 Å². The Balaban J connectivity index is 2.26. The lowest BCUT2D eigenvalue weighted by Crippen LogP contribution is -2.16. The summed E-state index contributed by atoms with van der Waals surface area (Å²) in [6.07, 6.45) is 0.659. The number of nitrogens with two attached hydrogens (primary N) is 1. The highest BCUT2D eigenvalue weighted by Crippen LogP contribution is 2.39. The first-order chi connectivity index (χ1) is 7.33. The topological polar surface area (TPSA) is 53.7 Å². The summed E-state index contributed by atoms with van der Waals surface area (Å²) in [5.74, 6) is 6.29. The lowest BCUT2D eigenvalue weighted by atomic mass is 10.1. The van der Waals surface area contributed by atoms with Crippen molar-refractivity contribution in [1.29, 1.82) is 0 Å². The fourth-order valence-corrected chi connectivity index (χ4v) is 1.79. The van der Waals surface area contributed by atoms with E-state index in [-0.39, 0.29) is 0 Å². The van der Waals surface area contributed by atoms with Gasteiger partial charge in [0.25, 0.3) is 0 Å². The van der Waals surface area contributed by atoms with Crippen LogP contribution in [0.25, 0.3) is 0 Å². The van der Waals surface area contributed by atoms with Crippen molar-refractivity contribution >= 4 is 11.6 Å². The van der Waals surface area contributed by atoms with Crippen LogP contribution in [0.3, 0.4) is 0 Å². The van der Waals surface area contributed by atoms with E-state index in [9.17, 15) is 0 Å². The standard InChI is InChI=1S/C10H12ClNO3/c11-9-7(3-4-15-12)1-2-8-10(9)14-6-5-13-8/h1-2H,3-6,12H2. The van der Waals surface area contributed by atoms with Crippen LogP contribution in [-0.2, 0) is 11.3 Å². The van der Waals surface area contributed by atoms with Crippen LogP contribution in [0.4, 0.5) is 0 Å². The number of hydrogen-bond acceptors (Lipinski definition) is 4. The molecule has 2 N–H and O–H groups in total. The van der Waals surface area contributed by atoms with Crippen molar-refractivity contribution < 1.29 is 14.3 Å². The normalized spacial score (nSPS) is 14.0. The van der Waals surface area contributed by atoms with Gasteiger partial charge in [-0.15, -0.1) is 0 Å². The van der Waals surface area contributed by atoms with Crippen LogP contribution in [-0.4, -0.2) is 19.8 Å². The van der Waals surface area contributed by atoms with Gasteiger partial charge in [0.15, 0.2) is 11.5 Å². The summed E-state index contributed by atoms with van der Waals surface area (Å²) in [5.41, 5.74) is 0.950.